The maximum atomic E-state index is 5.99. The summed E-state index contributed by atoms with van der Waals surface area (Å²) in [4.78, 5) is 5.99. The maximum absolute atomic E-state index is 5.99. The van der Waals surface area contributed by atoms with Crippen molar-refractivity contribution in [2.75, 3.05) is 0 Å². The predicted molar refractivity (Wildman–Crippen MR) is 365 cm³/mol. The van der Waals surface area contributed by atoms with Gasteiger partial charge in [-0.05, 0) is 154 Å². The van der Waals surface area contributed by atoms with E-state index in [1.165, 1.54) is 179 Å². The summed E-state index contributed by atoms with van der Waals surface area (Å²) >= 11 is 0. The van der Waals surface area contributed by atoms with Crippen molar-refractivity contribution < 1.29 is 0 Å². The monoisotopic (exact) mass is 1100 g/mol. The number of unbranched alkanes of at least 4 members (excludes halogenated alkanes) is 10. The fraction of sp³-hybridized carbons (Fsp3) is 0.494. The van der Waals surface area contributed by atoms with Crippen LogP contribution in [0.5, 0.6) is 0 Å². The molecular formula is C81H109N. The summed E-state index contributed by atoms with van der Waals surface area (Å²) in [7, 11) is 0. The molecule has 1 heterocycles. The first kappa shape index (κ1) is 64.0. The molecule has 0 fully saturated rings. The summed E-state index contributed by atoms with van der Waals surface area (Å²) in [5, 5.41) is 1.23. The van der Waals surface area contributed by atoms with Gasteiger partial charge in [-0.25, -0.2) is 4.98 Å². The van der Waals surface area contributed by atoms with Gasteiger partial charge in [0.15, 0.2) is 0 Å². The zero-order valence-corrected chi connectivity index (χ0v) is 54.5. The minimum Gasteiger partial charge on any atom is -0.246 e. The van der Waals surface area contributed by atoms with Crippen LogP contribution in [-0.4, -0.2) is 4.98 Å². The third-order valence-electron chi connectivity index (χ3n) is 18.7. The van der Waals surface area contributed by atoms with Gasteiger partial charge in [0.05, 0.1) is 11.2 Å². The third-order valence-corrected chi connectivity index (χ3v) is 18.7. The molecule has 5 aromatic carbocycles. The molecule has 1 aliphatic carbocycles. The number of hydrogen-bond donors (Lipinski definition) is 0. The van der Waals surface area contributed by atoms with Crippen molar-refractivity contribution in [1.29, 1.82) is 0 Å². The summed E-state index contributed by atoms with van der Waals surface area (Å²) in [6.07, 6.45) is 35.5. The SMILES string of the molecule is CCCCCCCCC1(CCCCCCCC)c2cc(/C(C)=C/C=C(\CCC)c3ccc(/C(=C/C=C(\C)C(C)(C)C)C(C)CC)c4cc(-c5ccc(CCC)cc5)c(-c5ccc(CCC)cc5)nc34)ccc2-c2ccc(C(C)(C)C)cc21. The molecule has 1 heteroatoms. The Morgan fingerprint density at radius 3 is 1.61 bits per heavy atom. The number of nitrogens with zero attached hydrogens (tertiary/aromatic N) is 1. The molecule has 0 radical (unpaired) electrons. The Bertz CT molecular complexity index is 3130. The van der Waals surface area contributed by atoms with E-state index in [1.807, 2.05) is 0 Å². The van der Waals surface area contributed by atoms with E-state index in [2.05, 4.69) is 231 Å². The maximum Gasteiger partial charge on any atom is 0.0791 e. The molecule has 438 valence electrons. The fourth-order valence-electron chi connectivity index (χ4n) is 12.9. The van der Waals surface area contributed by atoms with Crippen LogP contribution >= 0.6 is 0 Å². The van der Waals surface area contributed by atoms with Crippen molar-refractivity contribution in [3.8, 4) is 33.5 Å². The number of aryl methyl sites for hydroxylation is 2. The zero-order valence-electron chi connectivity index (χ0n) is 54.5. The molecule has 0 N–H and O–H groups in total. The van der Waals surface area contributed by atoms with Crippen LogP contribution in [0.4, 0.5) is 0 Å². The zero-order chi connectivity index (χ0) is 59.0. The first-order valence-electron chi connectivity index (χ1n) is 33.2. The van der Waals surface area contributed by atoms with Gasteiger partial charge in [0.25, 0.3) is 0 Å². The second-order valence-electron chi connectivity index (χ2n) is 27.0. The van der Waals surface area contributed by atoms with Crippen molar-refractivity contribution in [2.24, 2.45) is 11.3 Å². The van der Waals surface area contributed by atoms with E-state index in [9.17, 15) is 0 Å². The molecule has 6 aromatic rings. The molecule has 0 saturated heterocycles. The number of benzene rings is 5. The van der Waals surface area contributed by atoms with Crippen LogP contribution in [0.15, 0.2) is 133 Å². The molecule has 0 bridgehead atoms. The van der Waals surface area contributed by atoms with E-state index < -0.39 is 0 Å². The Balaban J connectivity index is 1.43. The van der Waals surface area contributed by atoms with Gasteiger partial charge in [0.2, 0.25) is 0 Å². The molecule has 1 unspecified atom stereocenters. The lowest BCUT2D eigenvalue weighted by Crippen LogP contribution is -2.26. The smallest absolute Gasteiger partial charge is 0.0791 e. The van der Waals surface area contributed by atoms with Crippen LogP contribution < -0.4 is 0 Å². The van der Waals surface area contributed by atoms with Crippen LogP contribution in [0.3, 0.4) is 0 Å². The van der Waals surface area contributed by atoms with Crippen LogP contribution in [0, 0.1) is 11.3 Å². The number of allylic oxidation sites excluding steroid dienone is 8. The lowest BCUT2D eigenvalue weighted by Gasteiger charge is -2.34. The summed E-state index contributed by atoms with van der Waals surface area (Å²) in [6.45, 7) is 35.1. The molecule has 0 spiro atoms. The number of pyridine rings is 1. The predicted octanol–water partition coefficient (Wildman–Crippen LogP) is 25.2. The lowest BCUT2D eigenvalue weighted by molar-refractivity contribution is 0.397. The van der Waals surface area contributed by atoms with Crippen LogP contribution in [0.1, 0.15) is 270 Å². The number of fused-ring (bicyclic) bond motifs is 4. The van der Waals surface area contributed by atoms with Gasteiger partial charge in [-0.1, -0.05) is 307 Å². The summed E-state index contributed by atoms with van der Waals surface area (Å²) in [5.41, 5.74) is 25.5. The highest BCUT2D eigenvalue weighted by Crippen LogP contribution is 2.56. The Morgan fingerprint density at radius 1 is 0.512 bits per heavy atom. The topological polar surface area (TPSA) is 12.9 Å². The Labute approximate surface area is 501 Å². The Kier molecular flexibility index (Phi) is 23.3. The molecular weight excluding hydrogens is 987 g/mol. The van der Waals surface area contributed by atoms with E-state index in [4.69, 9.17) is 4.98 Å². The minimum atomic E-state index is 0.0154. The van der Waals surface area contributed by atoms with Crippen molar-refractivity contribution >= 4 is 27.6 Å². The number of rotatable bonds is 29. The first-order valence-corrected chi connectivity index (χ1v) is 33.2. The van der Waals surface area contributed by atoms with Crippen molar-refractivity contribution in [3.05, 3.63) is 178 Å². The second-order valence-corrected chi connectivity index (χ2v) is 27.0. The highest BCUT2D eigenvalue weighted by Gasteiger charge is 2.43. The molecule has 82 heavy (non-hydrogen) atoms. The highest BCUT2D eigenvalue weighted by molar-refractivity contribution is 6.03. The highest BCUT2D eigenvalue weighted by atomic mass is 14.7. The van der Waals surface area contributed by atoms with Crippen LogP contribution in [-0.2, 0) is 23.7 Å². The van der Waals surface area contributed by atoms with Gasteiger partial charge < -0.3 is 0 Å². The van der Waals surface area contributed by atoms with Crippen LogP contribution in [0.25, 0.3) is 61.1 Å². The van der Waals surface area contributed by atoms with Crippen molar-refractivity contribution in [3.63, 3.8) is 0 Å². The van der Waals surface area contributed by atoms with Crippen molar-refractivity contribution in [1.82, 2.24) is 4.98 Å². The van der Waals surface area contributed by atoms with Gasteiger partial charge in [-0.2, -0.15) is 0 Å². The summed E-state index contributed by atoms with van der Waals surface area (Å²) in [5.74, 6) is 0.354. The molecule has 0 aliphatic heterocycles. The average molecular weight is 1100 g/mol. The van der Waals surface area contributed by atoms with E-state index in [1.54, 1.807) is 11.1 Å². The molecule has 1 aliphatic rings. The Morgan fingerprint density at radius 2 is 1.06 bits per heavy atom. The van der Waals surface area contributed by atoms with E-state index in [0.717, 1.165) is 56.2 Å². The van der Waals surface area contributed by atoms with E-state index >= 15 is 0 Å². The standard InChI is InChI=1S/C81H109N/c1-16-22-24-26-28-30-53-81(54-31-29-27-25-23-17-2)75-55-66(46-49-71(75)72-50-47-67(56-76(72)81)80(13,14)15)59(8)35-41-63(34-20-5)69-51-52-70(68(58(7)21-6)48-36-60(9)79(10,11)12)74-57-73(64-42-37-61(32-18-3)38-43-64)77(82-78(69)74)65-44-39-62(33-19-4)40-45-65/h35-52,55-58H,16-34,53-54H2,1-15H3/b59-35+,60-36+,63-41+,68-48+. The van der Waals surface area contributed by atoms with Crippen LogP contribution in [0.2, 0.25) is 0 Å². The first-order chi connectivity index (χ1) is 39.4. The molecule has 1 aromatic heterocycles. The lowest BCUT2D eigenvalue weighted by atomic mass is 9.69. The van der Waals surface area contributed by atoms with Gasteiger partial charge in [-0.3, -0.25) is 0 Å². The largest absolute Gasteiger partial charge is 0.246 e. The van der Waals surface area contributed by atoms with E-state index in [-0.39, 0.29) is 16.2 Å². The summed E-state index contributed by atoms with van der Waals surface area (Å²) < 4.78 is 0. The van der Waals surface area contributed by atoms with Gasteiger partial charge in [0, 0.05) is 27.5 Å². The molecule has 1 nitrogen and oxygen atoms in total. The summed E-state index contributed by atoms with van der Waals surface area (Å²) in [6, 6.07) is 41.2. The van der Waals surface area contributed by atoms with Gasteiger partial charge >= 0.3 is 0 Å². The second kappa shape index (κ2) is 29.8. The minimum absolute atomic E-state index is 0.0154. The number of aromatic nitrogens is 1. The van der Waals surface area contributed by atoms with Gasteiger partial charge in [-0.15, -0.1) is 0 Å². The quantitative estimate of drug-likeness (QED) is 0.0337. The molecule has 0 saturated carbocycles. The molecule has 7 rings (SSSR count). The molecule has 1 atom stereocenters. The van der Waals surface area contributed by atoms with Gasteiger partial charge in [0.1, 0.15) is 0 Å². The fourth-order valence-corrected chi connectivity index (χ4v) is 12.9. The molecule has 0 amide bonds. The van der Waals surface area contributed by atoms with E-state index in [0.29, 0.717) is 5.92 Å². The van der Waals surface area contributed by atoms with Crippen molar-refractivity contribution in [2.45, 2.75) is 250 Å². The average Bonchev–Trinajstić information content (AvgIpc) is 3.37. The number of hydrogen-bond acceptors (Lipinski definition) is 1. The third kappa shape index (κ3) is 15.6. The normalized spacial score (nSPS) is 14.4. The Hall–Kier alpha value is -5.53.